The number of allylic oxidation sites excluding steroid dienone is 2. The van der Waals surface area contributed by atoms with Crippen molar-refractivity contribution in [3.8, 4) is 0 Å². The molecule has 2 nitrogen and oxygen atoms in total. The first kappa shape index (κ1) is 20.1. The maximum Gasteiger partial charge on any atom is 0.330 e. The average molecular weight is 401 g/mol. The SMILES string of the molecule is [2H]O/N=C1\C=C[C@@]2(C)[C@@H](CC[C@@H]3[C@@H]2CC[C@]2(C)[C@@H]([C@H](C)CCCC(C)C)CC[C@@H]32)C1. The molecular weight excluding hydrogens is 354 g/mol. The van der Waals surface area contributed by atoms with Crippen molar-refractivity contribution in [2.45, 2.75) is 98.8 Å². The molecule has 0 aromatic heterocycles. The number of rotatable bonds is 6. The van der Waals surface area contributed by atoms with Crippen molar-refractivity contribution in [1.82, 2.24) is 0 Å². The lowest BCUT2D eigenvalue weighted by molar-refractivity contribution is -0.0809. The minimum Gasteiger partial charge on any atom is -0.411 e. The van der Waals surface area contributed by atoms with Crippen LogP contribution in [-0.2, 0) is 0 Å². The Morgan fingerprint density at radius 1 is 1.10 bits per heavy atom. The van der Waals surface area contributed by atoms with Gasteiger partial charge in [-0.1, -0.05) is 65.1 Å². The molecule has 3 saturated carbocycles. The molecule has 0 spiro atoms. The van der Waals surface area contributed by atoms with Crippen molar-refractivity contribution in [2.24, 2.45) is 57.4 Å². The van der Waals surface area contributed by atoms with Crippen molar-refractivity contribution in [3.63, 3.8) is 0 Å². The highest BCUT2D eigenvalue weighted by Gasteiger charge is 2.59. The van der Waals surface area contributed by atoms with Gasteiger partial charge in [0.1, 0.15) is 0 Å². The molecule has 0 aliphatic heterocycles. The lowest BCUT2D eigenvalue weighted by Crippen LogP contribution is -2.52. The Morgan fingerprint density at radius 3 is 2.69 bits per heavy atom. The minimum atomic E-state index is 0.312. The molecule has 0 heterocycles. The van der Waals surface area contributed by atoms with Crippen LogP contribution in [0.2, 0.25) is 1.43 Å². The first-order chi connectivity index (χ1) is 14.3. The fourth-order valence-electron chi connectivity index (χ4n) is 8.74. The molecule has 29 heavy (non-hydrogen) atoms. The zero-order valence-electron chi connectivity index (χ0n) is 20.6. The van der Waals surface area contributed by atoms with E-state index in [0.29, 0.717) is 16.7 Å². The number of fused-ring (bicyclic) bond motifs is 5. The van der Waals surface area contributed by atoms with Crippen LogP contribution in [0.25, 0.3) is 0 Å². The van der Waals surface area contributed by atoms with E-state index in [4.69, 9.17) is 1.43 Å². The lowest BCUT2D eigenvalue weighted by atomic mass is 9.45. The fourth-order valence-corrected chi connectivity index (χ4v) is 8.74. The second-order valence-electron chi connectivity index (χ2n) is 12.2. The molecule has 4 rings (SSSR count). The highest BCUT2D eigenvalue weighted by Crippen LogP contribution is 2.67. The van der Waals surface area contributed by atoms with Crippen molar-refractivity contribution in [1.29, 1.82) is 0 Å². The highest BCUT2D eigenvalue weighted by molar-refractivity contribution is 5.95. The van der Waals surface area contributed by atoms with Crippen molar-refractivity contribution < 1.29 is 6.64 Å². The Bertz CT molecular complexity index is 672. The second kappa shape index (κ2) is 8.04. The van der Waals surface area contributed by atoms with Crippen molar-refractivity contribution >= 4 is 5.71 Å². The van der Waals surface area contributed by atoms with Crippen molar-refractivity contribution in [3.05, 3.63) is 12.2 Å². The highest BCUT2D eigenvalue weighted by atomic mass is 16.4. The summed E-state index contributed by atoms with van der Waals surface area (Å²) in [5.41, 5.74) is 1.85. The van der Waals surface area contributed by atoms with E-state index < -0.39 is 0 Å². The zero-order chi connectivity index (χ0) is 21.5. The van der Waals surface area contributed by atoms with E-state index in [2.05, 4.69) is 57.1 Å². The molecule has 164 valence electrons. The monoisotopic (exact) mass is 400 g/mol. The van der Waals surface area contributed by atoms with Crippen LogP contribution in [-0.4, -0.2) is 10.9 Å². The zero-order valence-corrected chi connectivity index (χ0v) is 19.6. The molecule has 0 radical (unpaired) electrons. The number of hydrogen-bond acceptors (Lipinski definition) is 2. The summed E-state index contributed by atoms with van der Waals surface area (Å²) in [5.74, 6) is 6.03. The van der Waals surface area contributed by atoms with Crippen LogP contribution < -0.4 is 0 Å². The van der Waals surface area contributed by atoms with Crippen molar-refractivity contribution in [2.75, 3.05) is 0 Å². The van der Waals surface area contributed by atoms with Gasteiger partial charge in [0.15, 0.2) is 0 Å². The van der Waals surface area contributed by atoms with E-state index in [1.165, 1.54) is 57.8 Å². The van der Waals surface area contributed by atoms with E-state index in [1.54, 1.807) is 0 Å². The molecule has 1 N–H and O–H groups in total. The smallest absolute Gasteiger partial charge is 0.330 e. The first-order valence-electron chi connectivity index (χ1n) is 13.1. The summed E-state index contributed by atoms with van der Waals surface area (Å²) < 4.78 is 6.96. The largest absolute Gasteiger partial charge is 0.411 e. The van der Waals surface area contributed by atoms with Gasteiger partial charge in [-0.3, -0.25) is 0 Å². The van der Waals surface area contributed by atoms with Crippen LogP contribution in [0.5, 0.6) is 0 Å². The molecule has 8 atom stereocenters. The van der Waals surface area contributed by atoms with Gasteiger partial charge in [-0.15, -0.1) is 0 Å². The van der Waals surface area contributed by atoms with Crippen LogP contribution in [0.3, 0.4) is 0 Å². The van der Waals surface area contributed by atoms with Crippen LogP contribution in [0.4, 0.5) is 0 Å². The third-order valence-corrected chi connectivity index (χ3v) is 10.4. The number of oxime groups is 1. The van der Waals surface area contributed by atoms with E-state index >= 15 is 0 Å². The van der Waals surface area contributed by atoms with Crippen LogP contribution >= 0.6 is 0 Å². The van der Waals surface area contributed by atoms with E-state index in [0.717, 1.165) is 47.6 Å². The number of hydrogen-bond donors (Lipinski definition) is 1. The molecular formula is C27H45NO. The summed E-state index contributed by atoms with van der Waals surface area (Å²) in [5, 5.41) is 8.27. The Hall–Kier alpha value is -0.790. The van der Waals surface area contributed by atoms with Gasteiger partial charge in [0.2, 0.25) is 0 Å². The molecule has 0 aromatic rings. The third-order valence-electron chi connectivity index (χ3n) is 10.4. The molecule has 0 aromatic carbocycles. The first-order valence-corrected chi connectivity index (χ1v) is 12.7. The van der Waals surface area contributed by atoms with Crippen LogP contribution in [0.15, 0.2) is 17.3 Å². The fraction of sp³-hybridized carbons (Fsp3) is 0.889. The molecule has 2 heteroatoms. The summed E-state index contributed by atoms with van der Waals surface area (Å²) in [6.45, 7) is 12.5. The molecule has 0 amide bonds. The summed E-state index contributed by atoms with van der Waals surface area (Å²) in [4.78, 5) is 0. The third kappa shape index (κ3) is 3.61. The normalized spacial score (nSPS) is 46.8. The summed E-state index contributed by atoms with van der Waals surface area (Å²) in [6, 6.07) is 0. The predicted molar refractivity (Wildman–Crippen MR) is 122 cm³/mol. The van der Waals surface area contributed by atoms with E-state index in [9.17, 15) is 0 Å². The average Bonchev–Trinajstić information content (AvgIpc) is 3.05. The van der Waals surface area contributed by atoms with E-state index in [-0.39, 0.29) is 0 Å². The van der Waals surface area contributed by atoms with E-state index in [1.807, 2.05) is 0 Å². The Balaban J connectivity index is 1.48. The summed E-state index contributed by atoms with van der Waals surface area (Å²) in [7, 11) is 0. The maximum atomic E-state index is 6.96. The topological polar surface area (TPSA) is 32.6 Å². The Morgan fingerprint density at radius 2 is 1.93 bits per heavy atom. The maximum absolute atomic E-state index is 6.96. The second-order valence-corrected chi connectivity index (χ2v) is 12.2. The van der Waals surface area contributed by atoms with Gasteiger partial charge in [-0.25, -0.2) is 0 Å². The Kier molecular flexibility index (Phi) is 5.58. The molecule has 0 bridgehead atoms. The van der Waals surface area contributed by atoms with Gasteiger partial charge in [-0.05, 0) is 103 Å². The van der Waals surface area contributed by atoms with Gasteiger partial charge < -0.3 is 5.21 Å². The molecule has 4 aliphatic rings. The van der Waals surface area contributed by atoms with Crippen LogP contribution in [0.1, 0.15) is 98.8 Å². The van der Waals surface area contributed by atoms with Gasteiger partial charge in [0.25, 0.3) is 0 Å². The standard InChI is InChI=1S/C27H45NO/c1-18(2)7-6-8-19(3)23-11-12-24-22-10-9-20-17-21(28-29)13-15-26(20,4)25(22)14-16-27(23,24)5/h13,15,18-20,22-25,29H,6-12,14,16-17H2,1-5H3/b28-21+/t19-,20+,22+,23-,24+,25+,26+,27-/m1/s1/i/hD. The van der Waals surface area contributed by atoms with Crippen LogP contribution in [0, 0.1) is 52.3 Å². The summed E-state index contributed by atoms with van der Waals surface area (Å²) in [6.07, 6.45) is 18.4. The summed E-state index contributed by atoms with van der Waals surface area (Å²) >= 11 is 0. The molecule has 0 saturated heterocycles. The lowest BCUT2D eigenvalue weighted by Gasteiger charge is -2.59. The van der Waals surface area contributed by atoms with Gasteiger partial charge in [-0.2, -0.15) is 0 Å². The quantitative estimate of drug-likeness (QED) is 0.359. The molecule has 3 fully saturated rings. The van der Waals surface area contributed by atoms with Gasteiger partial charge in [0.05, 0.1) is 5.71 Å². The Labute approximate surface area is 181 Å². The minimum absolute atomic E-state index is 0.312. The number of nitrogens with zero attached hydrogens (tertiary/aromatic N) is 1. The van der Waals surface area contributed by atoms with Gasteiger partial charge in [0, 0.05) is 0 Å². The predicted octanol–water partition coefficient (Wildman–Crippen LogP) is 7.71. The molecule has 0 unspecified atom stereocenters. The molecule has 4 aliphatic carbocycles. The van der Waals surface area contributed by atoms with Gasteiger partial charge >= 0.3 is 1.43 Å².